The van der Waals surface area contributed by atoms with Gasteiger partial charge in [0.05, 0.1) is 12.1 Å². The van der Waals surface area contributed by atoms with E-state index in [-0.39, 0.29) is 11.0 Å². The van der Waals surface area contributed by atoms with Crippen molar-refractivity contribution >= 4 is 17.0 Å². The molecule has 2 N–H and O–H groups in total. The molecule has 2 aromatic heterocycles. The molecule has 0 amide bonds. The monoisotopic (exact) mass is 338 g/mol. The normalized spacial score (nSPS) is 10.6. The van der Waals surface area contributed by atoms with Crippen molar-refractivity contribution in [2.45, 2.75) is 6.92 Å². The van der Waals surface area contributed by atoms with Crippen molar-refractivity contribution in [1.29, 1.82) is 5.26 Å². The lowest BCUT2D eigenvalue weighted by Gasteiger charge is -2.13. The minimum absolute atomic E-state index is 0.131. The number of pyridine rings is 1. The van der Waals surface area contributed by atoms with Gasteiger partial charge in [-0.25, -0.2) is 4.52 Å². The molecule has 0 fully saturated rings. The lowest BCUT2D eigenvalue weighted by Crippen LogP contribution is -2.16. The van der Waals surface area contributed by atoms with Gasteiger partial charge in [0.2, 0.25) is 5.43 Å². The number of rotatable bonds is 6. The van der Waals surface area contributed by atoms with Crippen LogP contribution >= 0.6 is 0 Å². The highest BCUT2D eigenvalue weighted by Gasteiger charge is 2.15. The number of nitriles is 1. The van der Waals surface area contributed by atoms with Crippen LogP contribution in [0.25, 0.3) is 5.52 Å². The number of nitrogens with zero attached hydrogens (tertiary/aromatic N) is 2. The molecule has 0 saturated carbocycles. The molecule has 0 atom stereocenters. The van der Waals surface area contributed by atoms with E-state index < -0.39 is 0 Å². The van der Waals surface area contributed by atoms with Gasteiger partial charge in [0, 0.05) is 24.6 Å². The van der Waals surface area contributed by atoms with E-state index in [9.17, 15) is 10.1 Å². The Bertz CT molecular complexity index is 980. The molecule has 1 aromatic carbocycles. The first-order valence-electron chi connectivity index (χ1n) is 7.77. The maximum absolute atomic E-state index is 12.4. The van der Waals surface area contributed by atoms with E-state index in [1.165, 1.54) is 0 Å². The Morgan fingerprint density at radius 1 is 1.24 bits per heavy atom. The third-order valence-electron chi connectivity index (χ3n) is 3.87. The summed E-state index contributed by atoms with van der Waals surface area (Å²) in [6.45, 7) is 2.70. The van der Waals surface area contributed by atoms with Gasteiger partial charge in [0.15, 0.2) is 0 Å². The van der Waals surface area contributed by atoms with Gasteiger partial charge in [-0.3, -0.25) is 9.89 Å². The minimum atomic E-state index is -0.274. The number of hydrogen-bond acceptors (Lipinski definition) is 5. The summed E-state index contributed by atoms with van der Waals surface area (Å²) in [5.41, 5.74) is 1.67. The molecule has 0 unspecified atom stereocenters. The van der Waals surface area contributed by atoms with Crippen LogP contribution in [0.5, 0.6) is 5.75 Å². The molecule has 0 aliphatic rings. The van der Waals surface area contributed by atoms with Gasteiger partial charge in [-0.15, -0.1) is 0 Å². The molecule has 25 heavy (non-hydrogen) atoms. The van der Waals surface area contributed by atoms with Gasteiger partial charge >= 0.3 is 0 Å². The average Bonchev–Trinajstić information content (AvgIpc) is 3.10. The second-order valence-electron chi connectivity index (χ2n) is 5.46. The van der Waals surface area contributed by atoms with Crippen molar-refractivity contribution < 1.29 is 9.47 Å². The number of aromatic amines is 1. The fourth-order valence-corrected chi connectivity index (χ4v) is 2.57. The number of aromatic nitrogens is 2. The van der Waals surface area contributed by atoms with Crippen LogP contribution < -0.4 is 15.5 Å². The van der Waals surface area contributed by atoms with Gasteiger partial charge in [0.1, 0.15) is 29.8 Å². The number of methoxy groups -OCH3 is 1. The molecule has 7 heteroatoms. The van der Waals surface area contributed by atoms with Crippen LogP contribution in [0, 0.1) is 18.3 Å². The summed E-state index contributed by atoms with van der Waals surface area (Å²) >= 11 is 0. The molecule has 0 spiro atoms. The number of H-pyrrole nitrogens is 1. The van der Waals surface area contributed by atoms with E-state index in [4.69, 9.17) is 9.47 Å². The zero-order chi connectivity index (χ0) is 17.8. The van der Waals surface area contributed by atoms with E-state index in [1.54, 1.807) is 30.8 Å². The summed E-state index contributed by atoms with van der Waals surface area (Å²) in [4.78, 5) is 12.4. The SMILES string of the molecule is COCCOc1ccc(Nc2c(C)c(=O)c(C#N)c3cc[nH]n23)cc1. The van der Waals surface area contributed by atoms with E-state index in [0.29, 0.717) is 30.1 Å². The smallest absolute Gasteiger partial charge is 0.205 e. The third kappa shape index (κ3) is 3.20. The summed E-state index contributed by atoms with van der Waals surface area (Å²) in [6.07, 6.45) is 1.69. The highest BCUT2D eigenvalue weighted by atomic mass is 16.5. The fraction of sp³-hybridized carbons (Fsp3) is 0.222. The van der Waals surface area contributed by atoms with Crippen LogP contribution in [-0.4, -0.2) is 29.9 Å². The Labute approximate surface area is 144 Å². The number of benzene rings is 1. The van der Waals surface area contributed by atoms with E-state index in [0.717, 1.165) is 11.4 Å². The highest BCUT2D eigenvalue weighted by molar-refractivity contribution is 5.70. The van der Waals surface area contributed by atoms with Crippen LogP contribution in [0.2, 0.25) is 0 Å². The molecule has 2 heterocycles. The largest absolute Gasteiger partial charge is 0.491 e. The molecule has 3 aromatic rings. The molecule has 0 aliphatic carbocycles. The third-order valence-corrected chi connectivity index (χ3v) is 3.87. The molecular formula is C18H18N4O3. The van der Waals surface area contributed by atoms with Gasteiger partial charge in [-0.05, 0) is 37.3 Å². The molecular weight excluding hydrogens is 320 g/mol. The first kappa shape index (κ1) is 16.6. The van der Waals surface area contributed by atoms with Crippen LogP contribution in [0.3, 0.4) is 0 Å². The van der Waals surface area contributed by atoms with Crippen molar-refractivity contribution in [2.75, 3.05) is 25.6 Å². The zero-order valence-corrected chi connectivity index (χ0v) is 14.0. The topological polar surface area (TPSA) is 91.5 Å². The second-order valence-corrected chi connectivity index (χ2v) is 5.46. The van der Waals surface area contributed by atoms with Crippen molar-refractivity contribution in [3.05, 3.63) is 57.9 Å². The van der Waals surface area contributed by atoms with Crippen LogP contribution in [0.4, 0.5) is 11.5 Å². The Kier molecular flexibility index (Phi) is 4.73. The molecule has 0 radical (unpaired) electrons. The zero-order valence-electron chi connectivity index (χ0n) is 14.0. The standard InChI is InChI=1S/C18H18N4O3/c1-12-17(23)15(11-19)16-7-8-20-22(16)18(12)21-13-3-5-14(6-4-13)25-10-9-24-2/h3-8,20-21H,9-10H2,1-2H3. The molecule has 0 bridgehead atoms. The lowest BCUT2D eigenvalue weighted by atomic mass is 10.1. The minimum Gasteiger partial charge on any atom is -0.491 e. The number of hydrogen-bond donors (Lipinski definition) is 2. The highest BCUT2D eigenvalue weighted by Crippen LogP contribution is 2.23. The first-order chi connectivity index (χ1) is 12.2. The van der Waals surface area contributed by atoms with Gasteiger partial charge in [-0.2, -0.15) is 5.26 Å². The van der Waals surface area contributed by atoms with Crippen LogP contribution in [0.1, 0.15) is 11.1 Å². The number of fused-ring (bicyclic) bond motifs is 1. The van der Waals surface area contributed by atoms with E-state index in [1.807, 2.05) is 30.3 Å². The maximum atomic E-state index is 12.4. The average molecular weight is 338 g/mol. The maximum Gasteiger partial charge on any atom is 0.205 e. The molecule has 3 rings (SSSR count). The Balaban J connectivity index is 1.91. The number of ether oxygens (including phenoxy) is 2. The van der Waals surface area contributed by atoms with Gasteiger partial charge in [0.25, 0.3) is 0 Å². The first-order valence-corrected chi connectivity index (χ1v) is 7.77. The Morgan fingerprint density at radius 2 is 2.00 bits per heavy atom. The summed E-state index contributed by atoms with van der Waals surface area (Å²) in [5, 5.41) is 15.5. The van der Waals surface area contributed by atoms with Crippen LogP contribution in [-0.2, 0) is 4.74 Å². The van der Waals surface area contributed by atoms with Gasteiger partial charge < -0.3 is 14.8 Å². The quantitative estimate of drug-likeness (QED) is 0.674. The van der Waals surface area contributed by atoms with Crippen LogP contribution in [0.15, 0.2) is 41.3 Å². The summed E-state index contributed by atoms with van der Waals surface area (Å²) in [5.74, 6) is 1.33. The van der Waals surface area contributed by atoms with Crippen molar-refractivity contribution in [3.63, 3.8) is 0 Å². The van der Waals surface area contributed by atoms with Crippen molar-refractivity contribution in [1.82, 2.24) is 9.61 Å². The molecule has 0 aliphatic heterocycles. The number of anilines is 2. The summed E-state index contributed by atoms with van der Waals surface area (Å²) in [6, 6.07) is 11.1. The van der Waals surface area contributed by atoms with E-state index in [2.05, 4.69) is 10.4 Å². The number of nitrogens with one attached hydrogen (secondary N) is 2. The summed E-state index contributed by atoms with van der Waals surface area (Å²) in [7, 11) is 1.62. The lowest BCUT2D eigenvalue weighted by molar-refractivity contribution is 0.146. The van der Waals surface area contributed by atoms with Crippen molar-refractivity contribution in [2.24, 2.45) is 0 Å². The summed E-state index contributed by atoms with van der Waals surface area (Å²) < 4.78 is 12.2. The predicted octanol–water partition coefficient (Wildman–Crippen LogP) is 2.58. The molecule has 128 valence electrons. The Hall–Kier alpha value is -3.24. The van der Waals surface area contributed by atoms with Gasteiger partial charge in [-0.1, -0.05) is 0 Å². The molecule has 7 nitrogen and oxygen atoms in total. The predicted molar refractivity (Wildman–Crippen MR) is 94.6 cm³/mol. The fourth-order valence-electron chi connectivity index (χ4n) is 2.57. The Morgan fingerprint density at radius 3 is 2.68 bits per heavy atom. The van der Waals surface area contributed by atoms with Crippen molar-refractivity contribution in [3.8, 4) is 11.8 Å². The molecule has 0 saturated heterocycles. The second kappa shape index (κ2) is 7.11. The van der Waals surface area contributed by atoms with E-state index >= 15 is 0 Å².